The second kappa shape index (κ2) is 12.1. The summed E-state index contributed by atoms with van der Waals surface area (Å²) in [5.74, 6) is -0.324. The number of unbranched alkanes of at least 4 members (excludes halogenated alkanes) is 3. The van der Waals surface area contributed by atoms with Crippen LogP contribution in [0.25, 0.3) is 0 Å². The van der Waals surface area contributed by atoms with Crippen molar-refractivity contribution in [1.82, 2.24) is 0 Å². The van der Waals surface area contributed by atoms with E-state index in [9.17, 15) is 4.79 Å². The van der Waals surface area contributed by atoms with Crippen molar-refractivity contribution in [3.63, 3.8) is 0 Å². The van der Waals surface area contributed by atoms with E-state index in [1.807, 2.05) is 42.5 Å². The number of benzene rings is 1. The molecule has 2 atom stereocenters. The van der Waals surface area contributed by atoms with Crippen LogP contribution in [0.2, 0.25) is 0 Å². The maximum Gasteiger partial charge on any atom is 0.337 e. The van der Waals surface area contributed by atoms with E-state index in [1.54, 1.807) is 6.07 Å². The SMILES string of the molecule is CCCCC/C=C\C\C=C/C=C/C=C/C1OC1c1cccc(C(=O)OC)c1. The number of esters is 1. The summed E-state index contributed by atoms with van der Waals surface area (Å²) in [6.45, 7) is 2.23. The second-order valence-electron chi connectivity index (χ2n) is 6.54. The summed E-state index contributed by atoms with van der Waals surface area (Å²) in [5, 5.41) is 0. The van der Waals surface area contributed by atoms with Crippen LogP contribution >= 0.6 is 0 Å². The van der Waals surface area contributed by atoms with Gasteiger partial charge in [-0.05, 0) is 37.0 Å². The first-order valence-electron chi connectivity index (χ1n) is 9.75. The molecule has 1 heterocycles. The van der Waals surface area contributed by atoms with Crippen LogP contribution in [0.1, 0.15) is 61.1 Å². The number of rotatable bonds is 11. The van der Waals surface area contributed by atoms with Crippen LogP contribution in [-0.2, 0) is 9.47 Å². The molecular formula is C24H30O3. The summed E-state index contributed by atoms with van der Waals surface area (Å²) in [7, 11) is 1.39. The van der Waals surface area contributed by atoms with Gasteiger partial charge in [0.2, 0.25) is 0 Å². The Balaban J connectivity index is 1.67. The summed E-state index contributed by atoms with van der Waals surface area (Å²) in [4.78, 5) is 11.6. The lowest BCUT2D eigenvalue weighted by molar-refractivity contribution is 0.0600. The lowest BCUT2D eigenvalue weighted by atomic mass is 10.1. The number of carbonyl (C=O) groups excluding carboxylic acids is 1. The summed E-state index contributed by atoms with van der Waals surface area (Å²) in [5.41, 5.74) is 1.56. The third kappa shape index (κ3) is 7.79. The molecule has 1 aliphatic heterocycles. The van der Waals surface area contributed by atoms with Crippen LogP contribution in [0.5, 0.6) is 0 Å². The number of carbonyl (C=O) groups is 1. The van der Waals surface area contributed by atoms with Gasteiger partial charge in [0.15, 0.2) is 0 Å². The molecule has 2 rings (SSSR count). The van der Waals surface area contributed by atoms with Crippen LogP contribution in [0, 0.1) is 0 Å². The van der Waals surface area contributed by atoms with Gasteiger partial charge in [0, 0.05) is 0 Å². The fraction of sp³-hybridized carbons (Fsp3) is 0.375. The van der Waals surface area contributed by atoms with Gasteiger partial charge in [0.1, 0.15) is 12.2 Å². The van der Waals surface area contributed by atoms with E-state index in [4.69, 9.17) is 9.47 Å². The average Bonchev–Trinajstić information content (AvgIpc) is 3.48. The van der Waals surface area contributed by atoms with Gasteiger partial charge >= 0.3 is 5.97 Å². The van der Waals surface area contributed by atoms with Crippen LogP contribution in [0.3, 0.4) is 0 Å². The van der Waals surface area contributed by atoms with Crippen molar-refractivity contribution in [3.8, 4) is 0 Å². The lowest BCUT2D eigenvalue weighted by Gasteiger charge is -2.00. The third-order valence-corrected chi connectivity index (χ3v) is 4.35. The Morgan fingerprint density at radius 3 is 2.78 bits per heavy atom. The monoisotopic (exact) mass is 366 g/mol. The molecule has 0 aromatic heterocycles. The minimum Gasteiger partial charge on any atom is -0.465 e. The second-order valence-corrected chi connectivity index (χ2v) is 6.54. The number of epoxide rings is 1. The minimum absolute atomic E-state index is 0.0210. The van der Waals surface area contributed by atoms with Crippen molar-refractivity contribution in [2.75, 3.05) is 7.11 Å². The Morgan fingerprint density at radius 2 is 1.96 bits per heavy atom. The number of hydrogen-bond donors (Lipinski definition) is 0. The highest BCUT2D eigenvalue weighted by atomic mass is 16.6. The topological polar surface area (TPSA) is 38.8 Å². The molecule has 0 bridgehead atoms. The molecule has 3 heteroatoms. The molecule has 1 aromatic carbocycles. The van der Waals surface area contributed by atoms with Gasteiger partial charge in [-0.25, -0.2) is 4.79 Å². The molecule has 0 aliphatic carbocycles. The van der Waals surface area contributed by atoms with E-state index in [1.165, 1.54) is 32.8 Å². The summed E-state index contributed by atoms with van der Waals surface area (Å²) in [6, 6.07) is 7.41. The first-order valence-corrected chi connectivity index (χ1v) is 9.75. The van der Waals surface area contributed by atoms with Crippen molar-refractivity contribution in [1.29, 1.82) is 0 Å². The highest BCUT2D eigenvalue weighted by Gasteiger charge is 2.37. The highest BCUT2D eigenvalue weighted by molar-refractivity contribution is 5.89. The van der Waals surface area contributed by atoms with Crippen molar-refractivity contribution >= 4 is 5.97 Å². The Bertz CT molecular complexity index is 697. The van der Waals surface area contributed by atoms with Gasteiger partial charge < -0.3 is 9.47 Å². The fourth-order valence-electron chi connectivity index (χ4n) is 2.76. The molecule has 1 aliphatic rings. The molecule has 1 saturated heterocycles. The normalized spacial score (nSPS) is 19.6. The Labute approximate surface area is 163 Å². The van der Waals surface area contributed by atoms with E-state index in [2.05, 4.69) is 31.2 Å². The largest absolute Gasteiger partial charge is 0.465 e. The molecule has 2 unspecified atom stereocenters. The van der Waals surface area contributed by atoms with E-state index in [0.717, 1.165) is 12.0 Å². The van der Waals surface area contributed by atoms with E-state index in [-0.39, 0.29) is 18.2 Å². The number of allylic oxidation sites excluding steroid dienone is 7. The predicted molar refractivity (Wildman–Crippen MR) is 111 cm³/mol. The zero-order valence-corrected chi connectivity index (χ0v) is 16.3. The maximum absolute atomic E-state index is 11.6. The summed E-state index contributed by atoms with van der Waals surface area (Å²) >= 11 is 0. The number of methoxy groups -OCH3 is 1. The molecule has 0 radical (unpaired) electrons. The van der Waals surface area contributed by atoms with Gasteiger partial charge in [0.05, 0.1) is 12.7 Å². The molecule has 1 aromatic rings. The van der Waals surface area contributed by atoms with Crippen molar-refractivity contribution in [2.24, 2.45) is 0 Å². The Hall–Kier alpha value is -2.39. The van der Waals surface area contributed by atoms with Crippen molar-refractivity contribution < 1.29 is 14.3 Å². The van der Waals surface area contributed by atoms with Crippen LogP contribution in [0.4, 0.5) is 0 Å². The van der Waals surface area contributed by atoms with E-state index < -0.39 is 0 Å². The smallest absolute Gasteiger partial charge is 0.337 e. The van der Waals surface area contributed by atoms with Gasteiger partial charge in [-0.1, -0.05) is 80.5 Å². The first-order chi connectivity index (χ1) is 13.3. The molecule has 27 heavy (non-hydrogen) atoms. The van der Waals surface area contributed by atoms with Crippen LogP contribution in [-0.4, -0.2) is 19.2 Å². The molecule has 1 fully saturated rings. The fourth-order valence-corrected chi connectivity index (χ4v) is 2.76. The molecule has 144 valence electrons. The average molecular weight is 367 g/mol. The molecular weight excluding hydrogens is 336 g/mol. The third-order valence-electron chi connectivity index (χ3n) is 4.35. The van der Waals surface area contributed by atoms with E-state index in [0.29, 0.717) is 5.56 Å². The Morgan fingerprint density at radius 1 is 1.11 bits per heavy atom. The molecule has 0 N–H and O–H groups in total. The molecule has 0 saturated carbocycles. The first kappa shape index (κ1) is 20.9. The Kier molecular flexibility index (Phi) is 9.36. The zero-order chi connectivity index (χ0) is 19.3. The van der Waals surface area contributed by atoms with Crippen LogP contribution < -0.4 is 0 Å². The summed E-state index contributed by atoms with van der Waals surface area (Å²) < 4.78 is 10.4. The van der Waals surface area contributed by atoms with Gasteiger partial charge in [-0.15, -0.1) is 0 Å². The molecule has 3 nitrogen and oxygen atoms in total. The summed E-state index contributed by atoms with van der Waals surface area (Å²) in [6.07, 6.45) is 22.9. The van der Waals surface area contributed by atoms with Gasteiger partial charge in [-0.2, -0.15) is 0 Å². The van der Waals surface area contributed by atoms with E-state index >= 15 is 0 Å². The zero-order valence-electron chi connectivity index (χ0n) is 16.3. The molecule has 0 amide bonds. The van der Waals surface area contributed by atoms with Gasteiger partial charge in [-0.3, -0.25) is 0 Å². The van der Waals surface area contributed by atoms with Crippen molar-refractivity contribution in [2.45, 2.75) is 51.2 Å². The minimum atomic E-state index is -0.324. The van der Waals surface area contributed by atoms with Gasteiger partial charge in [0.25, 0.3) is 0 Å². The highest BCUT2D eigenvalue weighted by Crippen LogP contribution is 2.39. The lowest BCUT2D eigenvalue weighted by Crippen LogP contribution is -2.01. The van der Waals surface area contributed by atoms with Crippen molar-refractivity contribution in [3.05, 3.63) is 84.0 Å². The standard InChI is InChI=1S/C24H30O3/c1-3-4-5-6-7-8-9-10-11-12-13-14-18-22-23(27-22)20-16-15-17-21(19-20)24(25)26-2/h7-8,10-19,22-23H,3-6,9H2,1-2H3/b8-7-,11-10-,13-12+,18-14+. The predicted octanol–water partition coefficient (Wildman–Crippen LogP) is 6.11. The number of hydrogen-bond acceptors (Lipinski definition) is 3. The molecule has 0 spiro atoms. The van der Waals surface area contributed by atoms with Crippen LogP contribution in [0.15, 0.2) is 72.9 Å². The maximum atomic E-state index is 11.6. The number of ether oxygens (including phenoxy) is 2. The quantitative estimate of drug-likeness (QED) is 0.156.